The maximum absolute atomic E-state index is 10.3. The van der Waals surface area contributed by atoms with Gasteiger partial charge in [-0.15, -0.1) is 0 Å². The van der Waals surface area contributed by atoms with Crippen LogP contribution in [0.15, 0.2) is 84.9 Å². The molecule has 6 nitrogen and oxygen atoms in total. The zero-order valence-electron chi connectivity index (χ0n) is 41.2. The molecule has 1 N–H and O–H groups in total. The van der Waals surface area contributed by atoms with E-state index in [0.717, 1.165) is 75.9 Å². The largest absolute Gasteiger partial charge is 0.497 e. The Bertz CT molecular complexity index is 1480. The van der Waals surface area contributed by atoms with E-state index in [1.54, 1.807) is 7.11 Å². The fourth-order valence-electron chi connectivity index (χ4n) is 9.57. The second-order valence-electron chi connectivity index (χ2n) is 19.9. The van der Waals surface area contributed by atoms with E-state index in [4.69, 9.17) is 23.4 Å². The molecule has 360 valence electrons. The number of hydrogen-bond donors (Lipinski definition) is 1. The lowest BCUT2D eigenvalue weighted by Crippen LogP contribution is -2.67. The van der Waals surface area contributed by atoms with Gasteiger partial charge in [-0.05, 0) is 84.5 Å². The van der Waals surface area contributed by atoms with Crippen LogP contribution in [-0.2, 0) is 25.2 Å². The molecule has 3 aromatic carbocycles. The van der Waals surface area contributed by atoms with Crippen LogP contribution in [0.3, 0.4) is 0 Å². The lowest BCUT2D eigenvalue weighted by Gasteiger charge is -2.43. The summed E-state index contributed by atoms with van der Waals surface area (Å²) in [7, 11) is -0.934. The molecule has 0 spiro atoms. The normalized spacial score (nSPS) is 15.6. The minimum absolute atomic E-state index is 0.0141. The van der Waals surface area contributed by atoms with Crippen LogP contribution in [0.25, 0.3) is 0 Å². The third-order valence-electron chi connectivity index (χ3n) is 13.5. The average Bonchev–Trinajstić information content (AvgIpc) is 3.31. The minimum atomic E-state index is -2.64. The van der Waals surface area contributed by atoms with Gasteiger partial charge in [-0.25, -0.2) is 0 Å². The first kappa shape index (κ1) is 54.1. The standard InChI is InChI=1S/C57H92O6Si/c1-57(2,3)64(54-37-26-22-27-38-54,55-39-28-23-29-40-55)63-49-53(62-48-50-42-44-52(59-4)45-43-50)36-25-21-19-17-15-13-11-9-7-5-6-8-10-12-14-16-18-20-24-34-51(58)35-30-32-46-60-56-41-31-33-47-61-56/h22-23,26-29,37-40,42-45,51,53,56,58H,5-21,24-25,30-36,41,46-49H2,1-4H3/t51?,53-,56?/m0/s1. The molecule has 3 atom stereocenters. The summed E-state index contributed by atoms with van der Waals surface area (Å²) in [4.78, 5) is 0. The van der Waals surface area contributed by atoms with Gasteiger partial charge < -0.3 is 28.5 Å². The molecule has 3 aromatic rings. The monoisotopic (exact) mass is 901 g/mol. The van der Waals surface area contributed by atoms with Crippen LogP contribution >= 0.6 is 0 Å². The molecule has 0 bridgehead atoms. The Morgan fingerprint density at radius 3 is 1.52 bits per heavy atom. The first-order chi connectivity index (χ1) is 31.3. The van der Waals surface area contributed by atoms with Crippen molar-refractivity contribution in [3.05, 3.63) is 90.5 Å². The molecule has 7 heteroatoms. The van der Waals surface area contributed by atoms with Gasteiger partial charge in [-0.1, -0.05) is 216 Å². The van der Waals surface area contributed by atoms with Gasteiger partial charge in [0, 0.05) is 13.2 Å². The third kappa shape index (κ3) is 21.4. The van der Waals surface area contributed by atoms with Crippen LogP contribution in [0.1, 0.15) is 200 Å². The molecule has 4 rings (SSSR count). The van der Waals surface area contributed by atoms with Gasteiger partial charge in [0.1, 0.15) is 5.75 Å². The van der Waals surface area contributed by atoms with Crippen molar-refractivity contribution in [1.29, 1.82) is 0 Å². The number of aliphatic hydroxyl groups excluding tert-OH is 1. The van der Waals surface area contributed by atoms with Crippen LogP contribution in [0, 0.1) is 0 Å². The molecular formula is C57H92O6Si. The van der Waals surface area contributed by atoms with Crippen LogP contribution < -0.4 is 15.1 Å². The highest BCUT2D eigenvalue weighted by Gasteiger charge is 2.50. The summed E-state index contributed by atoms with van der Waals surface area (Å²) < 4.78 is 30.9. The number of unbranched alkanes of at least 4 members (excludes halogenated alkanes) is 19. The molecule has 1 aliphatic heterocycles. The number of ether oxygens (including phenoxy) is 4. The predicted molar refractivity (Wildman–Crippen MR) is 272 cm³/mol. The van der Waals surface area contributed by atoms with Crippen molar-refractivity contribution in [3.63, 3.8) is 0 Å². The fourth-order valence-corrected chi connectivity index (χ4v) is 14.2. The van der Waals surface area contributed by atoms with E-state index in [9.17, 15) is 5.11 Å². The van der Waals surface area contributed by atoms with Crippen LogP contribution in [0.4, 0.5) is 0 Å². The van der Waals surface area contributed by atoms with Gasteiger partial charge in [0.05, 0.1) is 32.5 Å². The van der Waals surface area contributed by atoms with Gasteiger partial charge in [-0.3, -0.25) is 0 Å². The molecule has 64 heavy (non-hydrogen) atoms. The van der Waals surface area contributed by atoms with E-state index < -0.39 is 8.32 Å². The maximum atomic E-state index is 10.3. The fraction of sp³-hybridized carbons (Fsp3) is 0.684. The van der Waals surface area contributed by atoms with Gasteiger partial charge in [0.25, 0.3) is 8.32 Å². The third-order valence-corrected chi connectivity index (χ3v) is 18.5. The van der Waals surface area contributed by atoms with Crippen LogP contribution in [0.5, 0.6) is 5.75 Å². The molecule has 0 saturated carbocycles. The van der Waals surface area contributed by atoms with E-state index >= 15 is 0 Å². The Kier molecular flexibility index (Phi) is 27.9. The summed E-state index contributed by atoms with van der Waals surface area (Å²) in [5, 5.41) is 12.9. The number of methoxy groups -OCH3 is 1. The molecule has 0 radical (unpaired) electrons. The number of hydrogen-bond acceptors (Lipinski definition) is 6. The van der Waals surface area contributed by atoms with Crippen molar-refractivity contribution >= 4 is 18.7 Å². The van der Waals surface area contributed by atoms with Crippen molar-refractivity contribution in [3.8, 4) is 5.75 Å². The highest BCUT2D eigenvalue weighted by molar-refractivity contribution is 6.99. The van der Waals surface area contributed by atoms with E-state index in [-0.39, 0.29) is 23.5 Å². The first-order valence-electron chi connectivity index (χ1n) is 26.2. The molecular weight excluding hydrogens is 809 g/mol. The molecule has 1 aliphatic rings. The summed E-state index contributed by atoms with van der Waals surface area (Å²) in [6.45, 7) is 9.81. The highest BCUT2D eigenvalue weighted by atomic mass is 28.4. The second kappa shape index (κ2) is 33.0. The Labute approximate surface area is 393 Å². The SMILES string of the molecule is COc1ccc(CO[C@@H](CCCCCCCCCCCCCCCCCCCCCC(O)CCCCOC2CCCCO2)CO[Si](c2ccccc2)(c2ccccc2)C(C)(C)C)cc1. The Balaban J connectivity index is 1.00. The average molecular weight is 901 g/mol. The van der Waals surface area contributed by atoms with E-state index in [1.165, 1.54) is 132 Å². The number of rotatable bonds is 37. The quantitative estimate of drug-likeness (QED) is 0.0459. The van der Waals surface area contributed by atoms with Crippen molar-refractivity contribution in [2.75, 3.05) is 26.9 Å². The molecule has 1 heterocycles. The van der Waals surface area contributed by atoms with Crippen molar-refractivity contribution in [2.45, 2.75) is 224 Å². The van der Waals surface area contributed by atoms with E-state index in [2.05, 4.69) is 93.6 Å². The molecule has 2 unspecified atom stereocenters. The zero-order valence-corrected chi connectivity index (χ0v) is 42.2. The molecule has 0 aromatic heterocycles. The van der Waals surface area contributed by atoms with Crippen molar-refractivity contribution in [2.24, 2.45) is 0 Å². The first-order valence-corrected chi connectivity index (χ1v) is 28.1. The summed E-state index contributed by atoms with van der Waals surface area (Å²) in [6.07, 6.45) is 33.8. The van der Waals surface area contributed by atoms with Crippen LogP contribution in [0.2, 0.25) is 5.04 Å². The minimum Gasteiger partial charge on any atom is -0.497 e. The van der Waals surface area contributed by atoms with Gasteiger partial charge >= 0.3 is 0 Å². The Hall–Kier alpha value is -2.52. The van der Waals surface area contributed by atoms with Crippen molar-refractivity contribution < 1.29 is 28.5 Å². The molecule has 0 aliphatic carbocycles. The van der Waals surface area contributed by atoms with E-state index in [0.29, 0.717) is 13.2 Å². The van der Waals surface area contributed by atoms with Crippen molar-refractivity contribution in [1.82, 2.24) is 0 Å². The number of aliphatic hydroxyl groups is 1. The number of benzene rings is 3. The smallest absolute Gasteiger partial charge is 0.261 e. The lowest BCUT2D eigenvalue weighted by molar-refractivity contribution is -0.162. The van der Waals surface area contributed by atoms with Gasteiger partial charge in [-0.2, -0.15) is 0 Å². The summed E-state index contributed by atoms with van der Waals surface area (Å²) in [6, 6.07) is 30.2. The topological polar surface area (TPSA) is 66.4 Å². The summed E-state index contributed by atoms with van der Waals surface area (Å²) in [5.41, 5.74) is 1.16. The van der Waals surface area contributed by atoms with E-state index in [1.807, 2.05) is 12.1 Å². The highest BCUT2D eigenvalue weighted by Crippen LogP contribution is 2.37. The lowest BCUT2D eigenvalue weighted by atomic mass is 10.0. The Morgan fingerprint density at radius 1 is 0.594 bits per heavy atom. The zero-order chi connectivity index (χ0) is 45.4. The predicted octanol–water partition coefficient (Wildman–Crippen LogP) is 14.4. The molecule has 0 amide bonds. The summed E-state index contributed by atoms with van der Waals surface area (Å²) in [5.74, 6) is 0.869. The Morgan fingerprint density at radius 2 is 1.06 bits per heavy atom. The van der Waals surface area contributed by atoms with Gasteiger partial charge in [0.15, 0.2) is 6.29 Å². The van der Waals surface area contributed by atoms with Gasteiger partial charge in [0.2, 0.25) is 0 Å². The summed E-state index contributed by atoms with van der Waals surface area (Å²) >= 11 is 0. The van der Waals surface area contributed by atoms with Crippen LogP contribution in [-0.4, -0.2) is 58.9 Å². The second-order valence-corrected chi connectivity index (χ2v) is 24.2. The maximum Gasteiger partial charge on any atom is 0.261 e. The molecule has 1 saturated heterocycles. The molecule has 1 fully saturated rings.